The number of aliphatic hydroxyl groups excluding tert-OH is 2. The predicted molar refractivity (Wildman–Crippen MR) is 92.1 cm³/mol. The number of ether oxygens (including phenoxy) is 1. The molecule has 0 aromatic rings. The number of hydrogen-bond acceptors (Lipinski definition) is 3. The molecule has 23 heavy (non-hydrogen) atoms. The lowest BCUT2D eigenvalue weighted by Gasteiger charge is -2.66. The fourth-order valence-electron chi connectivity index (χ4n) is 6.42. The van der Waals surface area contributed by atoms with Gasteiger partial charge >= 0.3 is 0 Å². The van der Waals surface area contributed by atoms with E-state index in [0.29, 0.717) is 11.8 Å². The third-order valence-electron chi connectivity index (χ3n) is 7.91. The normalized spacial score (nSPS) is 56.5. The minimum absolute atomic E-state index is 0.0749. The van der Waals surface area contributed by atoms with Gasteiger partial charge in [0.2, 0.25) is 0 Å². The van der Waals surface area contributed by atoms with Crippen molar-refractivity contribution in [3.8, 4) is 0 Å². The van der Waals surface area contributed by atoms with Crippen molar-refractivity contribution in [1.29, 1.82) is 0 Å². The van der Waals surface area contributed by atoms with E-state index >= 15 is 0 Å². The van der Waals surface area contributed by atoms with Crippen LogP contribution in [0.4, 0.5) is 0 Å². The maximum absolute atomic E-state index is 11.0. The second kappa shape index (κ2) is 5.31. The molecule has 0 radical (unpaired) electrons. The van der Waals surface area contributed by atoms with Crippen molar-refractivity contribution in [2.75, 3.05) is 6.61 Å². The van der Waals surface area contributed by atoms with Gasteiger partial charge in [-0.25, -0.2) is 0 Å². The molecule has 2 saturated carbocycles. The van der Waals surface area contributed by atoms with Crippen molar-refractivity contribution >= 4 is 0 Å². The lowest BCUT2D eigenvalue weighted by Crippen LogP contribution is -2.66. The zero-order valence-electron chi connectivity index (χ0n) is 15.3. The average Bonchev–Trinajstić information content (AvgIpc) is 2.50. The van der Waals surface area contributed by atoms with Crippen LogP contribution in [0.25, 0.3) is 0 Å². The summed E-state index contributed by atoms with van der Waals surface area (Å²) in [6.45, 7) is 13.0. The van der Waals surface area contributed by atoms with E-state index in [2.05, 4.69) is 34.3 Å². The molecular weight excluding hydrogens is 288 g/mol. The summed E-state index contributed by atoms with van der Waals surface area (Å²) >= 11 is 0. The van der Waals surface area contributed by atoms with Crippen LogP contribution >= 0.6 is 0 Å². The second-order valence-corrected chi connectivity index (χ2v) is 9.35. The van der Waals surface area contributed by atoms with Crippen LogP contribution < -0.4 is 0 Å². The Morgan fingerprint density at radius 1 is 1.04 bits per heavy atom. The van der Waals surface area contributed by atoms with Crippen molar-refractivity contribution < 1.29 is 14.9 Å². The van der Waals surface area contributed by atoms with Crippen molar-refractivity contribution in [2.24, 2.45) is 22.7 Å². The Hall–Kier alpha value is -0.380. The predicted octanol–water partition coefficient (Wildman–Crippen LogP) is 3.69. The second-order valence-electron chi connectivity index (χ2n) is 9.35. The Bertz CT molecular complexity index is 491. The van der Waals surface area contributed by atoms with Gasteiger partial charge in [-0.2, -0.15) is 0 Å². The molecule has 3 rings (SSSR count). The standard InChI is InChI=1S/C20H34O3/c1-6-18(3)11-7-15-19(4,23-18)12-8-14-17(2,13-21)10-9-16(22)20(14,15)5/h6,14-16,21-22H,1,7-13H2,2-5H3/t14-,15+,16+,17-,18-,19+,20-/m0/s1. The van der Waals surface area contributed by atoms with Crippen LogP contribution in [0.1, 0.15) is 66.2 Å². The largest absolute Gasteiger partial charge is 0.396 e. The summed E-state index contributed by atoms with van der Waals surface area (Å²) in [7, 11) is 0. The molecule has 132 valence electrons. The molecule has 0 amide bonds. The topological polar surface area (TPSA) is 49.7 Å². The van der Waals surface area contributed by atoms with E-state index < -0.39 is 0 Å². The maximum atomic E-state index is 11.0. The summed E-state index contributed by atoms with van der Waals surface area (Å²) in [6.07, 6.45) is 7.39. The fraction of sp³-hybridized carbons (Fsp3) is 0.900. The molecule has 0 unspecified atom stereocenters. The molecule has 0 bridgehead atoms. The van der Waals surface area contributed by atoms with E-state index in [0.717, 1.165) is 38.5 Å². The zero-order valence-corrected chi connectivity index (χ0v) is 15.3. The molecule has 3 nitrogen and oxygen atoms in total. The first-order valence-corrected chi connectivity index (χ1v) is 9.26. The van der Waals surface area contributed by atoms with Gasteiger partial charge in [-0.05, 0) is 69.6 Å². The van der Waals surface area contributed by atoms with Gasteiger partial charge in [-0.3, -0.25) is 0 Å². The summed E-state index contributed by atoms with van der Waals surface area (Å²) < 4.78 is 6.59. The van der Waals surface area contributed by atoms with Gasteiger partial charge in [0.05, 0.1) is 17.3 Å². The Morgan fingerprint density at radius 3 is 2.30 bits per heavy atom. The Labute approximate surface area is 141 Å². The molecule has 1 saturated heterocycles. The first kappa shape index (κ1) is 17.4. The van der Waals surface area contributed by atoms with E-state index in [1.54, 1.807) is 0 Å². The molecule has 2 N–H and O–H groups in total. The van der Waals surface area contributed by atoms with Gasteiger partial charge in [-0.15, -0.1) is 6.58 Å². The molecule has 0 spiro atoms. The summed E-state index contributed by atoms with van der Waals surface area (Å²) in [6, 6.07) is 0. The zero-order chi connectivity index (χ0) is 17.1. The SMILES string of the molecule is C=C[C@@]1(C)CC[C@H]2[C@@]3(C)[C@H](O)CC[C@@](C)(CO)[C@@H]3CC[C@@]2(C)O1. The molecule has 3 fully saturated rings. The lowest BCUT2D eigenvalue weighted by molar-refractivity contribution is -0.277. The number of rotatable bonds is 2. The van der Waals surface area contributed by atoms with Crippen molar-refractivity contribution in [3.05, 3.63) is 12.7 Å². The molecular formula is C20H34O3. The van der Waals surface area contributed by atoms with Crippen LogP contribution in [-0.2, 0) is 4.74 Å². The average molecular weight is 322 g/mol. The van der Waals surface area contributed by atoms with Crippen LogP contribution in [0, 0.1) is 22.7 Å². The maximum Gasteiger partial charge on any atom is 0.0839 e. The highest BCUT2D eigenvalue weighted by Crippen LogP contribution is 2.65. The molecule has 1 aliphatic heterocycles. The summed E-state index contributed by atoms with van der Waals surface area (Å²) in [4.78, 5) is 0. The summed E-state index contributed by atoms with van der Waals surface area (Å²) in [5.41, 5.74) is -0.713. The van der Waals surface area contributed by atoms with Crippen LogP contribution in [-0.4, -0.2) is 34.1 Å². The summed E-state index contributed by atoms with van der Waals surface area (Å²) in [5, 5.41) is 21.0. The molecule has 0 aromatic heterocycles. The van der Waals surface area contributed by atoms with Crippen LogP contribution in [0.3, 0.4) is 0 Å². The molecule has 0 aromatic carbocycles. The minimum atomic E-state index is -0.298. The molecule has 1 heterocycles. The van der Waals surface area contributed by atoms with E-state index in [-0.39, 0.29) is 34.7 Å². The van der Waals surface area contributed by atoms with Gasteiger partial charge in [0.1, 0.15) is 0 Å². The van der Waals surface area contributed by atoms with Gasteiger partial charge in [0, 0.05) is 12.0 Å². The lowest BCUT2D eigenvalue weighted by atomic mass is 9.43. The molecule has 3 aliphatic rings. The smallest absolute Gasteiger partial charge is 0.0839 e. The molecule has 3 heteroatoms. The van der Waals surface area contributed by atoms with Crippen LogP contribution in [0.5, 0.6) is 0 Å². The highest BCUT2D eigenvalue weighted by molar-refractivity contribution is 5.15. The van der Waals surface area contributed by atoms with Gasteiger partial charge in [-0.1, -0.05) is 19.9 Å². The quantitative estimate of drug-likeness (QED) is 0.762. The number of fused-ring (bicyclic) bond motifs is 3. The highest BCUT2D eigenvalue weighted by Gasteiger charge is 2.64. The van der Waals surface area contributed by atoms with Crippen molar-refractivity contribution in [2.45, 2.75) is 83.5 Å². The third-order valence-corrected chi connectivity index (χ3v) is 7.91. The Balaban J connectivity index is 2.00. The first-order chi connectivity index (χ1) is 10.6. The van der Waals surface area contributed by atoms with Crippen LogP contribution in [0.2, 0.25) is 0 Å². The number of hydrogen-bond donors (Lipinski definition) is 2. The van der Waals surface area contributed by atoms with Gasteiger partial charge < -0.3 is 14.9 Å². The summed E-state index contributed by atoms with van der Waals surface area (Å²) in [5.74, 6) is 0.696. The molecule has 2 aliphatic carbocycles. The van der Waals surface area contributed by atoms with E-state index in [1.807, 2.05) is 6.08 Å². The Morgan fingerprint density at radius 2 is 1.70 bits per heavy atom. The van der Waals surface area contributed by atoms with Gasteiger partial charge in [0.25, 0.3) is 0 Å². The first-order valence-electron chi connectivity index (χ1n) is 9.26. The van der Waals surface area contributed by atoms with E-state index in [1.165, 1.54) is 0 Å². The fourth-order valence-corrected chi connectivity index (χ4v) is 6.42. The van der Waals surface area contributed by atoms with E-state index in [4.69, 9.17) is 4.74 Å². The highest BCUT2D eigenvalue weighted by atomic mass is 16.5. The van der Waals surface area contributed by atoms with Crippen molar-refractivity contribution in [3.63, 3.8) is 0 Å². The number of aliphatic hydroxyl groups is 2. The van der Waals surface area contributed by atoms with Crippen LogP contribution in [0.15, 0.2) is 12.7 Å². The monoisotopic (exact) mass is 322 g/mol. The third kappa shape index (κ3) is 2.34. The van der Waals surface area contributed by atoms with Crippen molar-refractivity contribution in [1.82, 2.24) is 0 Å². The Kier molecular flexibility index (Phi) is 4.02. The molecule has 7 atom stereocenters. The van der Waals surface area contributed by atoms with E-state index in [9.17, 15) is 10.2 Å². The minimum Gasteiger partial charge on any atom is -0.396 e. The van der Waals surface area contributed by atoms with Gasteiger partial charge in [0.15, 0.2) is 0 Å².